The summed E-state index contributed by atoms with van der Waals surface area (Å²) in [6.45, 7) is 0. The first-order valence-corrected chi connectivity index (χ1v) is 7.40. The van der Waals surface area contributed by atoms with Crippen molar-refractivity contribution in [3.63, 3.8) is 0 Å². The van der Waals surface area contributed by atoms with E-state index in [1.165, 1.54) is 6.20 Å². The third-order valence-corrected chi connectivity index (χ3v) is 4.30. The number of aromatic nitrogens is 2. The monoisotopic (exact) mass is 321 g/mol. The second-order valence-electron chi connectivity index (χ2n) is 5.14. The molecule has 6 heteroatoms. The van der Waals surface area contributed by atoms with Gasteiger partial charge in [-0.1, -0.05) is 29.6 Å². The summed E-state index contributed by atoms with van der Waals surface area (Å²) in [6, 6.07) is 5.18. The van der Waals surface area contributed by atoms with Crippen molar-refractivity contribution in [2.24, 2.45) is 0 Å². The van der Waals surface area contributed by atoms with Crippen LogP contribution in [0.4, 0.5) is 5.82 Å². The fourth-order valence-corrected chi connectivity index (χ4v) is 2.82. The number of hydrogen-bond acceptors (Lipinski definition) is 3. The van der Waals surface area contributed by atoms with Gasteiger partial charge in [0.15, 0.2) is 0 Å². The van der Waals surface area contributed by atoms with Gasteiger partial charge in [0.2, 0.25) is 5.91 Å². The molecule has 1 amide bonds. The van der Waals surface area contributed by atoms with Crippen LogP contribution in [-0.4, -0.2) is 15.9 Å². The largest absolute Gasteiger partial charge is 0.310 e. The van der Waals surface area contributed by atoms with Gasteiger partial charge >= 0.3 is 0 Å². The average Bonchev–Trinajstić information content (AvgIpc) is 2.40. The number of hydrogen-bond donors (Lipinski definition) is 1. The summed E-state index contributed by atoms with van der Waals surface area (Å²) in [7, 11) is 0. The van der Waals surface area contributed by atoms with Gasteiger partial charge in [-0.2, -0.15) is 0 Å². The molecule has 4 nitrogen and oxygen atoms in total. The van der Waals surface area contributed by atoms with Gasteiger partial charge in [0.1, 0.15) is 5.82 Å². The van der Waals surface area contributed by atoms with E-state index in [1.807, 2.05) is 6.07 Å². The molecule has 2 aromatic rings. The zero-order chi connectivity index (χ0) is 14.9. The van der Waals surface area contributed by atoms with E-state index < -0.39 is 5.41 Å². The third kappa shape index (κ3) is 2.74. The highest BCUT2D eigenvalue weighted by molar-refractivity contribution is 6.30. The number of carbonyl (C=O) groups excluding carboxylic acids is 1. The number of halogens is 2. The predicted molar refractivity (Wildman–Crippen MR) is 82.7 cm³/mol. The van der Waals surface area contributed by atoms with Crippen LogP contribution in [0.2, 0.25) is 10.0 Å². The topological polar surface area (TPSA) is 54.9 Å². The van der Waals surface area contributed by atoms with Crippen LogP contribution in [-0.2, 0) is 10.2 Å². The lowest BCUT2D eigenvalue weighted by molar-refractivity contribution is -0.124. The molecular weight excluding hydrogens is 309 g/mol. The first-order valence-electron chi connectivity index (χ1n) is 6.64. The Morgan fingerprint density at radius 3 is 2.52 bits per heavy atom. The Labute approximate surface area is 132 Å². The maximum Gasteiger partial charge on any atom is 0.236 e. The van der Waals surface area contributed by atoms with Crippen molar-refractivity contribution in [2.75, 3.05) is 5.32 Å². The smallest absolute Gasteiger partial charge is 0.236 e. The van der Waals surface area contributed by atoms with Crippen molar-refractivity contribution in [1.29, 1.82) is 0 Å². The lowest BCUT2D eigenvalue weighted by Gasteiger charge is -2.40. The summed E-state index contributed by atoms with van der Waals surface area (Å²) >= 11 is 11.8. The van der Waals surface area contributed by atoms with E-state index in [1.54, 1.807) is 24.5 Å². The number of anilines is 1. The average molecular weight is 322 g/mol. The molecule has 1 saturated carbocycles. The van der Waals surface area contributed by atoms with Crippen LogP contribution in [0.1, 0.15) is 24.8 Å². The molecule has 1 aliphatic rings. The molecule has 0 bridgehead atoms. The lowest BCUT2D eigenvalue weighted by Crippen LogP contribution is -2.46. The molecule has 1 fully saturated rings. The molecule has 0 unspecified atom stereocenters. The number of nitrogens with one attached hydrogen (secondary N) is 1. The zero-order valence-electron chi connectivity index (χ0n) is 11.1. The Kier molecular flexibility index (Phi) is 3.83. The van der Waals surface area contributed by atoms with Gasteiger partial charge in [-0.05, 0) is 36.6 Å². The predicted octanol–water partition coefficient (Wildman–Crippen LogP) is 3.84. The van der Waals surface area contributed by atoms with Crippen molar-refractivity contribution in [1.82, 2.24) is 9.97 Å². The summed E-state index contributed by atoms with van der Waals surface area (Å²) < 4.78 is 0. The quantitative estimate of drug-likeness (QED) is 0.934. The Morgan fingerprint density at radius 2 is 1.95 bits per heavy atom. The van der Waals surface area contributed by atoms with Gasteiger partial charge in [0.25, 0.3) is 0 Å². The van der Waals surface area contributed by atoms with E-state index in [0.717, 1.165) is 24.8 Å². The molecule has 0 atom stereocenters. The molecule has 0 saturated heterocycles. The molecular formula is C15H13Cl2N3O. The van der Waals surface area contributed by atoms with E-state index in [0.29, 0.717) is 15.9 Å². The van der Waals surface area contributed by atoms with Crippen LogP contribution in [0.15, 0.2) is 36.8 Å². The van der Waals surface area contributed by atoms with E-state index in [9.17, 15) is 4.79 Å². The van der Waals surface area contributed by atoms with E-state index in [2.05, 4.69) is 15.3 Å². The van der Waals surface area contributed by atoms with Gasteiger partial charge in [0.05, 0.1) is 15.5 Å². The highest BCUT2D eigenvalue weighted by Gasteiger charge is 2.46. The number of carbonyl (C=O) groups is 1. The van der Waals surface area contributed by atoms with E-state index in [-0.39, 0.29) is 5.91 Å². The van der Waals surface area contributed by atoms with Gasteiger partial charge < -0.3 is 5.32 Å². The number of pyridine rings is 2. The van der Waals surface area contributed by atoms with Crippen LogP contribution in [0, 0.1) is 0 Å². The summed E-state index contributed by atoms with van der Waals surface area (Å²) in [6.07, 6.45) is 7.36. The molecule has 0 aromatic carbocycles. The number of amides is 1. The van der Waals surface area contributed by atoms with Crippen molar-refractivity contribution >= 4 is 34.9 Å². The van der Waals surface area contributed by atoms with E-state index >= 15 is 0 Å². The van der Waals surface area contributed by atoms with Crippen molar-refractivity contribution in [2.45, 2.75) is 24.7 Å². The second-order valence-corrected chi connectivity index (χ2v) is 6.02. The highest BCUT2D eigenvalue weighted by Crippen LogP contribution is 2.44. The highest BCUT2D eigenvalue weighted by atomic mass is 35.5. The molecule has 1 N–H and O–H groups in total. The summed E-state index contributed by atoms with van der Waals surface area (Å²) in [4.78, 5) is 20.8. The Morgan fingerprint density at radius 1 is 1.14 bits per heavy atom. The van der Waals surface area contributed by atoms with Crippen molar-refractivity contribution < 1.29 is 4.79 Å². The Balaban J connectivity index is 1.85. The first-order chi connectivity index (χ1) is 10.1. The Bertz CT molecular complexity index is 669. The zero-order valence-corrected chi connectivity index (χ0v) is 12.7. The van der Waals surface area contributed by atoms with Crippen molar-refractivity contribution in [3.05, 3.63) is 52.4 Å². The first kappa shape index (κ1) is 14.3. The van der Waals surface area contributed by atoms with Crippen molar-refractivity contribution in [3.8, 4) is 0 Å². The SMILES string of the molecule is O=C(Nc1ccc(Cl)cn1)C1(c2cncc(Cl)c2)CCC1. The molecule has 21 heavy (non-hydrogen) atoms. The van der Waals surface area contributed by atoms with E-state index in [4.69, 9.17) is 23.2 Å². The summed E-state index contributed by atoms with van der Waals surface area (Å²) in [5, 5.41) is 3.92. The molecule has 108 valence electrons. The van der Waals surface area contributed by atoms with Crippen LogP contribution in [0.3, 0.4) is 0 Å². The fourth-order valence-electron chi connectivity index (χ4n) is 2.54. The van der Waals surface area contributed by atoms with Gasteiger partial charge in [-0.3, -0.25) is 9.78 Å². The Hall–Kier alpha value is -1.65. The molecule has 0 radical (unpaired) electrons. The van der Waals surface area contributed by atoms with Gasteiger partial charge in [-0.15, -0.1) is 0 Å². The minimum absolute atomic E-state index is 0.0763. The standard InChI is InChI=1S/C15H13Cl2N3O/c16-11-2-3-13(19-9-11)20-14(21)15(4-1-5-15)10-6-12(17)8-18-7-10/h2-3,6-9H,1,4-5H2,(H,19,20,21). The summed E-state index contributed by atoms with van der Waals surface area (Å²) in [5.41, 5.74) is 0.298. The molecule has 3 rings (SSSR count). The summed E-state index contributed by atoms with van der Waals surface area (Å²) in [5.74, 6) is 0.415. The maximum atomic E-state index is 12.7. The van der Waals surface area contributed by atoms with Crippen LogP contribution in [0.25, 0.3) is 0 Å². The van der Waals surface area contributed by atoms with Gasteiger partial charge in [0, 0.05) is 18.6 Å². The number of rotatable bonds is 3. The minimum Gasteiger partial charge on any atom is -0.310 e. The van der Waals surface area contributed by atoms with Crippen LogP contribution in [0.5, 0.6) is 0 Å². The molecule has 2 heterocycles. The van der Waals surface area contributed by atoms with Crippen LogP contribution < -0.4 is 5.32 Å². The fraction of sp³-hybridized carbons (Fsp3) is 0.267. The molecule has 1 aliphatic carbocycles. The molecule has 2 aromatic heterocycles. The maximum absolute atomic E-state index is 12.7. The third-order valence-electron chi connectivity index (χ3n) is 3.87. The molecule has 0 aliphatic heterocycles. The molecule has 0 spiro atoms. The number of nitrogens with zero attached hydrogens (tertiary/aromatic N) is 2. The van der Waals surface area contributed by atoms with Crippen LogP contribution >= 0.6 is 23.2 Å². The second kappa shape index (κ2) is 5.62. The minimum atomic E-state index is -0.556. The van der Waals surface area contributed by atoms with Gasteiger partial charge in [-0.25, -0.2) is 4.98 Å². The normalized spacial score (nSPS) is 16.1. The lowest BCUT2D eigenvalue weighted by atomic mass is 9.64.